The van der Waals surface area contributed by atoms with Crippen molar-refractivity contribution in [1.29, 1.82) is 0 Å². The first-order valence-electron chi connectivity index (χ1n) is 13.8. The van der Waals surface area contributed by atoms with E-state index in [0.29, 0.717) is 60.6 Å². The molecular weight excluding hydrogens is 624 g/mol. The topological polar surface area (TPSA) is 155 Å². The Morgan fingerprint density at radius 1 is 0.778 bits per heavy atom. The van der Waals surface area contributed by atoms with Gasteiger partial charge in [-0.05, 0) is 40.8 Å². The van der Waals surface area contributed by atoms with E-state index in [2.05, 4.69) is 0 Å². The van der Waals surface area contributed by atoms with Crippen LogP contribution in [0, 0.1) is 11.8 Å². The van der Waals surface area contributed by atoms with E-state index in [4.69, 9.17) is 18.9 Å². The molecule has 0 N–H and O–H groups in total. The van der Waals surface area contributed by atoms with Crippen LogP contribution in [0.4, 0.5) is 0 Å². The number of Topliss-reactive ketones (excluding diaryl/α,β-unsaturated/α-hetero) is 1. The van der Waals surface area contributed by atoms with Gasteiger partial charge in [-0.1, -0.05) is 13.8 Å². The summed E-state index contributed by atoms with van der Waals surface area (Å²) in [5, 5.41) is 22.8. The van der Waals surface area contributed by atoms with Crippen molar-refractivity contribution in [3.05, 3.63) is 46.3 Å². The maximum Gasteiger partial charge on any atom is 1.00 e. The van der Waals surface area contributed by atoms with Gasteiger partial charge < -0.3 is 43.6 Å². The van der Waals surface area contributed by atoms with Crippen molar-refractivity contribution in [3.8, 4) is 23.0 Å². The van der Waals surface area contributed by atoms with E-state index in [-0.39, 0.29) is 83.6 Å². The van der Waals surface area contributed by atoms with Gasteiger partial charge in [0.1, 0.15) is 0 Å². The fourth-order valence-corrected chi connectivity index (χ4v) is 5.69. The third kappa shape index (κ3) is 9.84. The van der Waals surface area contributed by atoms with Gasteiger partial charge in [-0.3, -0.25) is 9.59 Å². The molecule has 2 aromatic carbocycles. The normalized spacial score (nSPS) is 13.1. The quantitative estimate of drug-likeness (QED) is 0.0909. The van der Waals surface area contributed by atoms with Crippen LogP contribution in [0.5, 0.6) is 23.0 Å². The number of nitrogens with zero attached hydrogens (tertiary/aromatic N) is 1. The van der Waals surface area contributed by atoms with Gasteiger partial charge in [0.05, 0.1) is 32.3 Å². The number of benzene rings is 2. The predicted octanol–water partition coefficient (Wildman–Crippen LogP) is -3.65. The van der Waals surface area contributed by atoms with E-state index in [0.717, 1.165) is 21.2 Å². The summed E-state index contributed by atoms with van der Waals surface area (Å²) in [5.74, 6) is -2.69. The number of fused-ring (bicyclic) bond motifs is 2. The van der Waals surface area contributed by atoms with Gasteiger partial charge in [-0.2, -0.15) is 0 Å². The summed E-state index contributed by atoms with van der Waals surface area (Å²) in [4.78, 5) is 49.2. The summed E-state index contributed by atoms with van der Waals surface area (Å²) in [6.07, 6.45) is 0.275. The average molecular weight is 658 g/mol. The molecule has 0 unspecified atom stereocenters. The monoisotopic (exact) mass is 657 g/mol. The average Bonchev–Trinajstić information content (AvgIpc) is 3.59. The molecule has 1 aliphatic heterocycles. The van der Waals surface area contributed by atoms with Crippen molar-refractivity contribution in [2.24, 2.45) is 11.8 Å². The number of rotatable bonds is 15. The van der Waals surface area contributed by atoms with Crippen LogP contribution in [0.25, 0.3) is 10.1 Å². The second-order valence-corrected chi connectivity index (χ2v) is 11.6. The van der Waals surface area contributed by atoms with Gasteiger partial charge in [-0.25, -0.2) is 0 Å². The number of carboxylic acids is 2. The molecule has 0 aliphatic carbocycles. The molecule has 4 rings (SSSR count). The van der Waals surface area contributed by atoms with Gasteiger partial charge in [0.25, 0.3) is 0 Å². The van der Waals surface area contributed by atoms with E-state index in [9.17, 15) is 29.4 Å². The standard InChI is InChI=1S/C31H35NO10S.2Na/c1-17(30(35)36)8-22(33)28-13-19-10-25(24(40-4)14-27(19)43-28)41-6-5-7-42-26-12-21-16-32(15-20(21)11-23(26)39-3)29(34)9-18(2)31(37)38;;/h10-14,17-18H,5-9,15-16H2,1-4H3,(H,35,36)(H,37,38);;/q;2*+1/p-2/t17-,18-;;/m0../s1. The Labute approximate surface area is 309 Å². The molecule has 0 bridgehead atoms. The fourth-order valence-electron chi connectivity index (χ4n) is 4.67. The van der Waals surface area contributed by atoms with Crippen LogP contribution < -0.4 is 88.3 Å². The molecule has 45 heavy (non-hydrogen) atoms. The van der Waals surface area contributed by atoms with Gasteiger partial charge in [0.15, 0.2) is 28.8 Å². The van der Waals surface area contributed by atoms with E-state index in [1.165, 1.54) is 39.4 Å². The van der Waals surface area contributed by atoms with Crippen molar-refractivity contribution < 1.29 is 107 Å². The molecule has 230 valence electrons. The van der Waals surface area contributed by atoms with Crippen LogP contribution in [0.15, 0.2) is 30.3 Å². The molecule has 3 aromatic rings. The Hall–Kier alpha value is -2.32. The molecule has 0 saturated carbocycles. The largest absolute Gasteiger partial charge is 1.00 e. The summed E-state index contributed by atoms with van der Waals surface area (Å²) in [6.45, 7) is 4.25. The Bertz CT molecular complexity index is 1540. The number of carbonyl (C=O) groups excluding carboxylic acids is 4. The maximum atomic E-state index is 12.6. The first-order chi connectivity index (χ1) is 20.5. The Morgan fingerprint density at radius 3 is 1.84 bits per heavy atom. The Morgan fingerprint density at radius 2 is 1.29 bits per heavy atom. The Balaban J connectivity index is 0.00000353. The van der Waals surface area contributed by atoms with Crippen molar-refractivity contribution in [1.82, 2.24) is 4.90 Å². The molecule has 0 saturated heterocycles. The molecule has 2 atom stereocenters. The van der Waals surface area contributed by atoms with Crippen LogP contribution in [0.3, 0.4) is 0 Å². The molecule has 2 heterocycles. The third-order valence-electron chi connectivity index (χ3n) is 7.22. The first-order valence-corrected chi connectivity index (χ1v) is 14.6. The number of hydrogen-bond donors (Lipinski definition) is 0. The van der Waals surface area contributed by atoms with Crippen LogP contribution >= 0.6 is 11.3 Å². The summed E-state index contributed by atoms with van der Waals surface area (Å²) >= 11 is 1.27. The van der Waals surface area contributed by atoms with Crippen LogP contribution in [0.1, 0.15) is 53.9 Å². The van der Waals surface area contributed by atoms with E-state index >= 15 is 0 Å². The molecule has 0 fully saturated rings. The number of carboxylic acid groups (broad SMARTS) is 2. The molecule has 1 aliphatic rings. The number of amides is 1. The number of ether oxygens (including phenoxy) is 4. The minimum Gasteiger partial charge on any atom is -0.550 e. The molecule has 14 heteroatoms. The third-order valence-corrected chi connectivity index (χ3v) is 8.36. The van der Waals surface area contributed by atoms with Crippen LogP contribution in [-0.4, -0.2) is 56.0 Å². The van der Waals surface area contributed by atoms with E-state index < -0.39 is 23.8 Å². The molecule has 11 nitrogen and oxygen atoms in total. The predicted molar refractivity (Wildman–Crippen MR) is 153 cm³/mol. The van der Waals surface area contributed by atoms with Gasteiger partial charge in [0, 0.05) is 66.9 Å². The maximum absolute atomic E-state index is 12.6. The minimum absolute atomic E-state index is 0. The van der Waals surface area contributed by atoms with E-state index in [1.54, 1.807) is 23.1 Å². The summed E-state index contributed by atoms with van der Waals surface area (Å²) in [5.41, 5.74) is 1.82. The van der Waals surface area contributed by atoms with Crippen molar-refractivity contribution in [3.63, 3.8) is 0 Å². The van der Waals surface area contributed by atoms with E-state index in [1.807, 2.05) is 12.1 Å². The fraction of sp³-hybridized carbons (Fsp3) is 0.419. The number of hydrogen-bond acceptors (Lipinski definition) is 11. The molecule has 0 radical (unpaired) electrons. The van der Waals surface area contributed by atoms with Crippen LogP contribution in [0.2, 0.25) is 0 Å². The van der Waals surface area contributed by atoms with Gasteiger partial charge >= 0.3 is 59.1 Å². The second kappa shape index (κ2) is 17.6. The van der Waals surface area contributed by atoms with Gasteiger partial charge in [-0.15, -0.1) is 11.3 Å². The number of methoxy groups -OCH3 is 2. The number of aliphatic carboxylic acids is 2. The second-order valence-electron chi connectivity index (χ2n) is 10.5. The molecular formula is C31H33NNa2O10S. The Kier molecular flexibility index (Phi) is 15.2. The zero-order valence-corrected chi connectivity index (χ0v) is 31.2. The summed E-state index contributed by atoms with van der Waals surface area (Å²) in [7, 11) is 3.06. The first kappa shape index (κ1) is 38.9. The summed E-state index contributed by atoms with van der Waals surface area (Å²) in [6, 6.07) is 8.96. The van der Waals surface area contributed by atoms with Crippen molar-refractivity contribution in [2.45, 2.75) is 46.2 Å². The number of thiophene rings is 1. The molecule has 0 spiro atoms. The smallest absolute Gasteiger partial charge is 0.550 e. The minimum atomic E-state index is -1.26. The SMILES string of the molecule is COc1cc2c(cc1OCCCOc1cc3cc(C(=O)C[C@H](C)C(=O)[O-])sc3cc1OC)CN(C(=O)C[C@H](C)C(=O)[O-])C2.[Na+].[Na+]. The number of carbonyl (C=O) groups is 4. The number of ketones is 1. The molecule has 1 amide bonds. The van der Waals surface area contributed by atoms with Crippen LogP contribution in [-0.2, 0) is 27.5 Å². The zero-order chi connectivity index (χ0) is 31.3. The summed E-state index contributed by atoms with van der Waals surface area (Å²) < 4.78 is 23.7. The molecule has 1 aromatic heterocycles. The van der Waals surface area contributed by atoms with Crippen molar-refractivity contribution >= 4 is 45.1 Å². The van der Waals surface area contributed by atoms with Crippen molar-refractivity contribution in [2.75, 3.05) is 27.4 Å². The zero-order valence-electron chi connectivity index (χ0n) is 26.4. The van der Waals surface area contributed by atoms with Gasteiger partial charge in [0.2, 0.25) is 5.91 Å².